The summed E-state index contributed by atoms with van der Waals surface area (Å²) in [7, 11) is -2.95. The maximum atomic E-state index is 11.3. The summed E-state index contributed by atoms with van der Waals surface area (Å²) in [4.78, 5) is 14.8. The largest absolute Gasteiger partial charge is 0.480 e. The first-order valence-corrected chi connectivity index (χ1v) is 7.73. The molecule has 0 spiro atoms. The van der Waals surface area contributed by atoms with E-state index in [0.717, 1.165) is 0 Å². The van der Waals surface area contributed by atoms with Crippen molar-refractivity contribution in [1.82, 2.24) is 4.98 Å². The zero-order chi connectivity index (χ0) is 12.6. The van der Waals surface area contributed by atoms with Crippen molar-refractivity contribution < 1.29 is 18.3 Å². The Morgan fingerprint density at radius 3 is 2.88 bits per heavy atom. The highest BCUT2D eigenvalue weighted by molar-refractivity contribution is 7.91. The number of carbonyl (C=O) groups is 1. The van der Waals surface area contributed by atoms with Crippen LogP contribution in [0.3, 0.4) is 0 Å². The summed E-state index contributed by atoms with van der Waals surface area (Å²) in [5.41, 5.74) is 5.72. The van der Waals surface area contributed by atoms with E-state index in [1.807, 2.05) is 0 Å². The minimum Gasteiger partial charge on any atom is -0.480 e. The number of sulfone groups is 1. The minimum absolute atomic E-state index is 0.0995. The van der Waals surface area contributed by atoms with Gasteiger partial charge in [0.2, 0.25) is 0 Å². The van der Waals surface area contributed by atoms with E-state index in [2.05, 4.69) is 4.98 Å². The van der Waals surface area contributed by atoms with E-state index in [1.165, 1.54) is 11.3 Å². The number of nitrogens with two attached hydrogens (primary N) is 1. The standard InChI is InChI=1S/C9H12N2O4S2/c10-7(9(12)13)6-3-16-8(11-6)5-1-2-17(14,15)4-5/h3,5,7H,1-2,4,10H2,(H,12,13). The number of hydrogen-bond donors (Lipinski definition) is 2. The van der Waals surface area contributed by atoms with Crippen LogP contribution in [-0.4, -0.2) is 36.0 Å². The number of carboxylic acid groups (broad SMARTS) is 1. The molecule has 1 aromatic rings. The summed E-state index contributed by atoms with van der Waals surface area (Å²) < 4.78 is 22.6. The van der Waals surface area contributed by atoms with Gasteiger partial charge in [0.25, 0.3) is 0 Å². The molecule has 1 aliphatic rings. The van der Waals surface area contributed by atoms with Gasteiger partial charge >= 0.3 is 5.97 Å². The Labute approximate surface area is 102 Å². The first kappa shape index (κ1) is 12.5. The SMILES string of the molecule is NC(C(=O)O)c1csc(C2CCS(=O)(=O)C2)n1. The molecule has 0 bridgehead atoms. The predicted molar refractivity (Wildman–Crippen MR) is 62.7 cm³/mol. The highest BCUT2D eigenvalue weighted by Gasteiger charge is 2.31. The summed E-state index contributed by atoms with van der Waals surface area (Å²) in [5.74, 6) is -0.972. The molecule has 2 unspecified atom stereocenters. The monoisotopic (exact) mass is 276 g/mol. The number of nitrogens with zero attached hydrogens (tertiary/aromatic N) is 1. The molecule has 1 saturated heterocycles. The molecule has 0 aromatic carbocycles. The van der Waals surface area contributed by atoms with E-state index in [1.54, 1.807) is 5.38 Å². The van der Waals surface area contributed by atoms with Crippen LogP contribution in [-0.2, 0) is 14.6 Å². The fraction of sp³-hybridized carbons (Fsp3) is 0.556. The second-order valence-corrected chi connectivity index (χ2v) is 7.14. The Kier molecular flexibility index (Phi) is 3.19. The fourth-order valence-electron chi connectivity index (χ4n) is 1.75. The van der Waals surface area contributed by atoms with Gasteiger partial charge in [-0.2, -0.15) is 0 Å². The molecule has 1 fully saturated rings. The number of aliphatic carboxylic acids is 1. The molecule has 17 heavy (non-hydrogen) atoms. The van der Waals surface area contributed by atoms with Crippen LogP contribution in [0.2, 0.25) is 0 Å². The van der Waals surface area contributed by atoms with E-state index in [4.69, 9.17) is 10.8 Å². The Bertz CT molecular complexity index is 537. The summed E-state index contributed by atoms with van der Waals surface area (Å²) in [6.45, 7) is 0. The van der Waals surface area contributed by atoms with Gasteiger partial charge in [-0.3, -0.25) is 4.79 Å². The summed E-state index contributed by atoms with van der Waals surface area (Å²) >= 11 is 1.27. The number of thiazole rings is 1. The van der Waals surface area contributed by atoms with Crippen LogP contribution in [0.4, 0.5) is 0 Å². The van der Waals surface area contributed by atoms with E-state index < -0.39 is 21.8 Å². The van der Waals surface area contributed by atoms with Gasteiger partial charge in [-0.1, -0.05) is 0 Å². The highest BCUT2D eigenvalue weighted by Crippen LogP contribution is 2.31. The molecule has 0 radical (unpaired) electrons. The number of hydrogen-bond acceptors (Lipinski definition) is 6. The third-order valence-corrected chi connectivity index (χ3v) is 5.50. The van der Waals surface area contributed by atoms with Gasteiger partial charge in [0.15, 0.2) is 9.84 Å². The smallest absolute Gasteiger partial charge is 0.326 e. The van der Waals surface area contributed by atoms with E-state index >= 15 is 0 Å². The lowest BCUT2D eigenvalue weighted by atomic mass is 10.1. The maximum absolute atomic E-state index is 11.3. The minimum atomic E-state index is -2.95. The molecule has 1 aromatic heterocycles. The predicted octanol–water partition coefficient (Wildman–Crippen LogP) is 0.130. The van der Waals surface area contributed by atoms with Crippen molar-refractivity contribution in [3.63, 3.8) is 0 Å². The molecule has 2 atom stereocenters. The third kappa shape index (κ3) is 2.64. The van der Waals surface area contributed by atoms with Crippen LogP contribution in [0.15, 0.2) is 5.38 Å². The number of aromatic nitrogens is 1. The van der Waals surface area contributed by atoms with Gasteiger partial charge in [-0.25, -0.2) is 13.4 Å². The van der Waals surface area contributed by atoms with Gasteiger partial charge < -0.3 is 10.8 Å². The molecule has 1 aliphatic heterocycles. The molecule has 8 heteroatoms. The summed E-state index contributed by atoms with van der Waals surface area (Å²) in [6, 6.07) is -1.14. The Hall–Kier alpha value is -0.990. The quantitative estimate of drug-likeness (QED) is 0.812. The second kappa shape index (κ2) is 4.35. The zero-order valence-corrected chi connectivity index (χ0v) is 10.5. The average Bonchev–Trinajstić information content (AvgIpc) is 2.82. The molecule has 0 amide bonds. The van der Waals surface area contributed by atoms with Gasteiger partial charge in [0.05, 0.1) is 22.2 Å². The Balaban J connectivity index is 2.17. The van der Waals surface area contributed by atoms with Crippen LogP contribution < -0.4 is 5.73 Å². The lowest BCUT2D eigenvalue weighted by Gasteiger charge is -2.03. The zero-order valence-electron chi connectivity index (χ0n) is 8.87. The Morgan fingerprint density at radius 1 is 1.65 bits per heavy atom. The molecule has 94 valence electrons. The molecular weight excluding hydrogens is 264 g/mol. The van der Waals surface area contributed by atoms with Gasteiger partial charge in [0, 0.05) is 11.3 Å². The molecule has 0 saturated carbocycles. The van der Waals surface area contributed by atoms with Crippen LogP contribution in [0.5, 0.6) is 0 Å². The van der Waals surface area contributed by atoms with E-state index in [0.29, 0.717) is 17.1 Å². The van der Waals surface area contributed by atoms with Crippen LogP contribution in [0.1, 0.15) is 29.1 Å². The molecule has 6 nitrogen and oxygen atoms in total. The second-order valence-electron chi connectivity index (χ2n) is 4.03. The van der Waals surface area contributed by atoms with Crippen LogP contribution in [0, 0.1) is 0 Å². The highest BCUT2D eigenvalue weighted by atomic mass is 32.2. The van der Waals surface area contributed by atoms with Crippen molar-refractivity contribution in [2.24, 2.45) is 5.73 Å². The topological polar surface area (TPSA) is 110 Å². The average molecular weight is 276 g/mol. The molecule has 3 N–H and O–H groups in total. The van der Waals surface area contributed by atoms with Crippen molar-refractivity contribution in [3.8, 4) is 0 Å². The first-order chi connectivity index (χ1) is 7.89. The van der Waals surface area contributed by atoms with Crippen molar-refractivity contribution >= 4 is 27.1 Å². The van der Waals surface area contributed by atoms with Gasteiger partial charge in [-0.05, 0) is 6.42 Å². The molecule has 2 heterocycles. The molecule has 0 aliphatic carbocycles. The molecular formula is C9H12N2O4S2. The van der Waals surface area contributed by atoms with Gasteiger partial charge in [-0.15, -0.1) is 11.3 Å². The number of rotatable bonds is 3. The Morgan fingerprint density at radius 2 is 2.35 bits per heavy atom. The van der Waals surface area contributed by atoms with Crippen molar-refractivity contribution in [1.29, 1.82) is 0 Å². The summed E-state index contributed by atoms with van der Waals surface area (Å²) in [6.07, 6.45) is 0.553. The normalized spacial score (nSPS) is 24.6. The van der Waals surface area contributed by atoms with Crippen molar-refractivity contribution in [2.45, 2.75) is 18.4 Å². The number of carboxylic acids is 1. The lowest BCUT2D eigenvalue weighted by Crippen LogP contribution is -2.21. The third-order valence-electron chi connectivity index (χ3n) is 2.71. The maximum Gasteiger partial charge on any atom is 0.326 e. The first-order valence-electron chi connectivity index (χ1n) is 5.03. The fourth-order valence-corrected chi connectivity index (χ4v) is 4.59. The van der Waals surface area contributed by atoms with Gasteiger partial charge in [0.1, 0.15) is 6.04 Å². The summed E-state index contributed by atoms with van der Waals surface area (Å²) in [5, 5.41) is 11.0. The van der Waals surface area contributed by atoms with Crippen LogP contribution >= 0.6 is 11.3 Å². The van der Waals surface area contributed by atoms with E-state index in [-0.39, 0.29) is 17.4 Å². The van der Waals surface area contributed by atoms with Crippen molar-refractivity contribution in [3.05, 3.63) is 16.1 Å². The van der Waals surface area contributed by atoms with E-state index in [9.17, 15) is 13.2 Å². The lowest BCUT2D eigenvalue weighted by molar-refractivity contribution is -0.138. The van der Waals surface area contributed by atoms with Crippen LogP contribution in [0.25, 0.3) is 0 Å². The van der Waals surface area contributed by atoms with Crippen molar-refractivity contribution in [2.75, 3.05) is 11.5 Å². The molecule has 2 rings (SSSR count).